The molecule has 0 saturated heterocycles. The van der Waals surface area contributed by atoms with Crippen LogP contribution in [0.2, 0.25) is 0 Å². The molecule has 0 aromatic rings. The summed E-state index contributed by atoms with van der Waals surface area (Å²) in [6, 6.07) is 0. The third-order valence-corrected chi connectivity index (χ3v) is 4.34. The number of nitrogens with zero attached hydrogens (tertiary/aromatic N) is 4. The molecule has 0 aromatic carbocycles. The van der Waals surface area contributed by atoms with Crippen LogP contribution in [0.5, 0.6) is 0 Å². The molecule has 0 bridgehead atoms. The summed E-state index contributed by atoms with van der Waals surface area (Å²) in [5, 5.41) is 68.9. The number of rotatable bonds is 22. The summed E-state index contributed by atoms with van der Waals surface area (Å²) < 4.78 is 0. The number of carbonyl (C=O) groups is 8. The summed E-state index contributed by atoms with van der Waals surface area (Å²) in [7, 11) is 0. The first-order valence-electron chi connectivity index (χ1n) is 11.0. The van der Waals surface area contributed by atoms with Gasteiger partial charge in [0.1, 0.15) is 0 Å². The van der Waals surface area contributed by atoms with Crippen LogP contribution >= 0.6 is 0 Å². The minimum absolute atomic E-state index is 0. The predicted molar refractivity (Wildman–Crippen MR) is 163 cm³/mol. The second-order valence-electron chi connectivity index (χ2n) is 7.99. The van der Waals surface area contributed by atoms with E-state index in [-0.39, 0.29) is 155 Å². The molecule has 0 aliphatic carbocycles. The van der Waals surface area contributed by atoms with E-state index in [0.29, 0.717) is 0 Å². The molecule has 0 aliphatic heterocycles. The quantitative estimate of drug-likeness (QED) is 0.0482. The maximum absolute atomic E-state index is 10.6. The van der Waals surface area contributed by atoms with Crippen molar-refractivity contribution in [2.24, 2.45) is 0 Å². The van der Waals surface area contributed by atoms with Crippen molar-refractivity contribution < 1.29 is 90.2 Å². The third kappa shape index (κ3) is 45.6. The molecule has 0 fully saturated rings. The Morgan fingerprint density at radius 3 is 0.435 bits per heavy atom. The summed E-state index contributed by atoms with van der Waals surface area (Å²) in [6.45, 7) is -4.50. The summed E-state index contributed by atoms with van der Waals surface area (Å²) in [6.07, 6.45) is 0. The van der Waals surface area contributed by atoms with Crippen molar-refractivity contribution in [3.05, 3.63) is 0 Å². The fraction of sp³-hybridized carbons (Fsp3) is 0.600. The fourth-order valence-corrected chi connectivity index (χ4v) is 2.95. The molecule has 0 aromatic heterocycles. The normalized spacial score (nSPS) is 9.30. The van der Waals surface area contributed by atoms with Gasteiger partial charge in [0.05, 0.1) is 52.4 Å². The van der Waals surface area contributed by atoms with E-state index in [9.17, 15) is 38.4 Å². The van der Waals surface area contributed by atoms with Gasteiger partial charge in [-0.3, -0.25) is 58.0 Å². The van der Waals surface area contributed by atoms with Crippen LogP contribution in [-0.4, -0.2) is 316 Å². The minimum atomic E-state index is -1.23. The first-order chi connectivity index (χ1) is 18.4. The molecule has 0 spiro atoms. The van der Waals surface area contributed by atoms with Gasteiger partial charge in [0, 0.05) is 26.2 Å². The topological polar surface area (TPSA) is 374 Å². The van der Waals surface area contributed by atoms with Crippen molar-refractivity contribution in [2.45, 2.75) is 0 Å². The zero-order valence-electron chi connectivity index (χ0n) is 22.1. The second kappa shape index (κ2) is 37.3. The van der Waals surface area contributed by atoms with Gasteiger partial charge >= 0.3 is 166 Å². The summed E-state index contributed by atoms with van der Waals surface area (Å²) >= 11 is 0. The third-order valence-electron chi connectivity index (χ3n) is 4.34. The molecular formula is C20H40N4Na4O18. The molecule has 0 atom stereocenters. The van der Waals surface area contributed by atoms with Crippen LogP contribution in [0.15, 0.2) is 0 Å². The number of aliphatic carboxylic acids is 8. The number of carboxylic acids is 8. The zero-order valence-corrected chi connectivity index (χ0v) is 22.1. The fourth-order valence-electron chi connectivity index (χ4n) is 2.95. The van der Waals surface area contributed by atoms with Gasteiger partial charge in [-0.2, -0.15) is 0 Å². The van der Waals surface area contributed by atoms with Crippen LogP contribution in [0.1, 0.15) is 0 Å². The van der Waals surface area contributed by atoms with Gasteiger partial charge < -0.3 is 51.8 Å². The first kappa shape index (κ1) is 64.1. The molecule has 0 radical (unpaired) electrons. The number of hydrogen-bond donors (Lipinski definition) is 8. The van der Waals surface area contributed by atoms with Crippen molar-refractivity contribution in [2.75, 3.05) is 78.5 Å². The van der Waals surface area contributed by atoms with Gasteiger partial charge in [0.25, 0.3) is 0 Å². The Bertz CT molecular complexity index is 725. The molecule has 46 heavy (non-hydrogen) atoms. The molecule has 12 N–H and O–H groups in total. The van der Waals surface area contributed by atoms with Gasteiger partial charge in [-0.15, -0.1) is 0 Å². The molecule has 26 heteroatoms. The Morgan fingerprint density at radius 2 is 0.370 bits per heavy atom. The molecule has 0 aliphatic rings. The van der Waals surface area contributed by atoms with Crippen molar-refractivity contribution in [1.82, 2.24) is 19.6 Å². The molecule has 252 valence electrons. The van der Waals surface area contributed by atoms with Crippen LogP contribution < -0.4 is 0 Å². The molecule has 0 rings (SSSR count). The number of hydrogen-bond acceptors (Lipinski definition) is 12. The first-order valence-corrected chi connectivity index (χ1v) is 11.0. The molecule has 0 saturated carbocycles. The van der Waals surface area contributed by atoms with Gasteiger partial charge in [0.2, 0.25) is 0 Å². The van der Waals surface area contributed by atoms with Crippen LogP contribution in [0.4, 0.5) is 0 Å². The SMILES string of the molecule is O.O.O=C(O)CN(CCN(CC(=O)O)CC(=O)O)CC(=O)O.O=C(O)CN(CCN(CC(=O)O)CC(=O)O)CC(=O)O.[NaH].[NaH].[NaH].[NaH]. The average Bonchev–Trinajstić information content (AvgIpc) is 2.72. The Kier molecular flexibility index (Phi) is 52.0. The zero-order chi connectivity index (χ0) is 31.4. The van der Waals surface area contributed by atoms with Crippen molar-refractivity contribution >= 4 is 166 Å². The van der Waals surface area contributed by atoms with E-state index in [2.05, 4.69) is 0 Å². The Morgan fingerprint density at radius 1 is 0.283 bits per heavy atom. The van der Waals surface area contributed by atoms with E-state index < -0.39 is 100 Å². The van der Waals surface area contributed by atoms with Crippen LogP contribution in [0.3, 0.4) is 0 Å². The monoisotopic (exact) mass is 716 g/mol. The standard InChI is InChI=1S/2C10H16N2O8.4Na.2H2O.4H/c2*13-7(14)3-11(4-8(15)16)1-2-12(5-9(17)18)6-10(19)20;;;;;;;;;;/h2*1-6H2,(H,13,14)(H,15,16)(H,17,18)(H,19,20);;;;;2*1H2;;;;. The summed E-state index contributed by atoms with van der Waals surface area (Å²) in [5.74, 6) is -9.82. The van der Waals surface area contributed by atoms with E-state index in [1.54, 1.807) is 0 Å². The Balaban J connectivity index is -0.0000000926. The van der Waals surface area contributed by atoms with Crippen molar-refractivity contribution in [1.29, 1.82) is 0 Å². The van der Waals surface area contributed by atoms with Gasteiger partial charge in [-0.1, -0.05) is 0 Å². The molecule has 0 amide bonds. The van der Waals surface area contributed by atoms with Crippen LogP contribution in [0, 0.1) is 0 Å². The second-order valence-corrected chi connectivity index (χ2v) is 7.99. The van der Waals surface area contributed by atoms with Crippen LogP contribution in [-0.2, 0) is 38.4 Å². The van der Waals surface area contributed by atoms with E-state index in [4.69, 9.17) is 40.9 Å². The molecule has 0 heterocycles. The molecular weight excluding hydrogens is 676 g/mol. The Labute approximate surface area is 350 Å². The van der Waals surface area contributed by atoms with E-state index >= 15 is 0 Å². The summed E-state index contributed by atoms with van der Waals surface area (Å²) in [4.78, 5) is 88.7. The molecule has 0 unspecified atom stereocenters. The van der Waals surface area contributed by atoms with Gasteiger partial charge in [-0.05, 0) is 0 Å². The van der Waals surface area contributed by atoms with Gasteiger partial charge in [-0.25, -0.2) is 0 Å². The number of carboxylic acid groups (broad SMARTS) is 8. The van der Waals surface area contributed by atoms with Crippen molar-refractivity contribution in [3.8, 4) is 0 Å². The van der Waals surface area contributed by atoms with E-state index in [0.717, 1.165) is 19.6 Å². The summed E-state index contributed by atoms with van der Waals surface area (Å²) in [5.41, 5.74) is 0. The van der Waals surface area contributed by atoms with Gasteiger partial charge in [0.15, 0.2) is 0 Å². The Hall–Kier alpha value is -0.480. The average molecular weight is 717 g/mol. The van der Waals surface area contributed by atoms with Crippen molar-refractivity contribution in [3.63, 3.8) is 0 Å². The van der Waals surface area contributed by atoms with E-state index in [1.807, 2.05) is 0 Å². The van der Waals surface area contributed by atoms with Crippen LogP contribution in [0.25, 0.3) is 0 Å². The predicted octanol–water partition coefficient (Wildman–Crippen LogP) is -8.39. The maximum atomic E-state index is 10.6. The molecule has 22 nitrogen and oxygen atoms in total. The van der Waals surface area contributed by atoms with E-state index in [1.165, 1.54) is 0 Å².